The van der Waals surface area contributed by atoms with E-state index in [1.54, 1.807) is 61.7 Å². The van der Waals surface area contributed by atoms with Crippen LogP contribution in [0, 0.1) is 0 Å². The molecule has 168 valence electrons. The van der Waals surface area contributed by atoms with E-state index in [0.717, 1.165) is 5.56 Å². The van der Waals surface area contributed by atoms with E-state index in [1.165, 1.54) is 7.11 Å². The fraction of sp³-hybridized carbons (Fsp3) is 0.120. The van der Waals surface area contributed by atoms with Gasteiger partial charge in [0.05, 0.1) is 19.8 Å². The summed E-state index contributed by atoms with van der Waals surface area (Å²) in [5, 5.41) is 1.14. The molecule has 0 radical (unpaired) electrons. The number of nitrogens with zero attached hydrogens (tertiary/aromatic N) is 1. The van der Waals surface area contributed by atoms with E-state index >= 15 is 0 Å². The predicted octanol–water partition coefficient (Wildman–Crippen LogP) is 5.93. The van der Waals surface area contributed by atoms with Crippen LogP contribution in [0.1, 0.15) is 16.7 Å². The molecule has 0 N–H and O–H groups in total. The molecule has 8 heteroatoms. The van der Waals surface area contributed by atoms with Crippen molar-refractivity contribution >= 4 is 41.1 Å². The summed E-state index contributed by atoms with van der Waals surface area (Å²) in [4.78, 5) is 16.7. The smallest absolute Gasteiger partial charge is 0.363 e. The molecule has 0 aliphatic carbocycles. The maximum absolute atomic E-state index is 12.4. The number of cyclic esters (lactones) is 1. The first kappa shape index (κ1) is 22.7. The second kappa shape index (κ2) is 9.98. The van der Waals surface area contributed by atoms with Gasteiger partial charge in [-0.2, -0.15) is 0 Å². The Morgan fingerprint density at radius 3 is 2.30 bits per heavy atom. The molecule has 1 aliphatic rings. The van der Waals surface area contributed by atoms with Gasteiger partial charge in [-0.25, -0.2) is 9.79 Å². The lowest BCUT2D eigenvalue weighted by atomic mass is 10.1. The summed E-state index contributed by atoms with van der Waals surface area (Å²) in [6, 6.07) is 17.7. The predicted molar refractivity (Wildman–Crippen MR) is 127 cm³/mol. The van der Waals surface area contributed by atoms with Crippen LogP contribution in [0.5, 0.6) is 17.2 Å². The first-order chi connectivity index (χ1) is 16.0. The number of carbonyl (C=O) groups is 1. The van der Waals surface area contributed by atoms with Crippen molar-refractivity contribution in [3.63, 3.8) is 0 Å². The van der Waals surface area contributed by atoms with Gasteiger partial charge in [-0.3, -0.25) is 0 Å². The van der Waals surface area contributed by atoms with E-state index in [2.05, 4.69) is 4.99 Å². The van der Waals surface area contributed by atoms with Gasteiger partial charge in [-0.1, -0.05) is 41.4 Å². The number of esters is 1. The number of benzene rings is 3. The summed E-state index contributed by atoms with van der Waals surface area (Å²) in [5.74, 6) is 1.13. The number of hydrogen-bond donors (Lipinski definition) is 0. The van der Waals surface area contributed by atoms with Gasteiger partial charge in [0.15, 0.2) is 17.2 Å². The molecule has 3 aromatic rings. The topological polar surface area (TPSA) is 66.3 Å². The van der Waals surface area contributed by atoms with E-state index in [0.29, 0.717) is 45.0 Å². The van der Waals surface area contributed by atoms with E-state index in [1.807, 2.05) is 12.1 Å². The summed E-state index contributed by atoms with van der Waals surface area (Å²) >= 11 is 12.0. The zero-order valence-electron chi connectivity index (χ0n) is 17.8. The Morgan fingerprint density at radius 1 is 0.879 bits per heavy atom. The van der Waals surface area contributed by atoms with Crippen molar-refractivity contribution in [2.75, 3.05) is 14.2 Å². The lowest BCUT2D eigenvalue weighted by molar-refractivity contribution is -0.129. The van der Waals surface area contributed by atoms with Crippen LogP contribution in [0.15, 0.2) is 71.4 Å². The van der Waals surface area contributed by atoms with Crippen molar-refractivity contribution in [1.82, 2.24) is 0 Å². The molecule has 3 aromatic carbocycles. The normalized spacial score (nSPS) is 14.1. The zero-order valence-corrected chi connectivity index (χ0v) is 19.3. The Morgan fingerprint density at radius 2 is 1.58 bits per heavy atom. The number of carbonyl (C=O) groups excluding carboxylic acids is 1. The minimum absolute atomic E-state index is 0.125. The van der Waals surface area contributed by atoms with Gasteiger partial charge < -0.3 is 18.9 Å². The summed E-state index contributed by atoms with van der Waals surface area (Å²) in [5.41, 5.74) is 2.30. The summed E-state index contributed by atoms with van der Waals surface area (Å²) < 4.78 is 22.0. The monoisotopic (exact) mass is 483 g/mol. The van der Waals surface area contributed by atoms with Crippen LogP contribution < -0.4 is 14.2 Å². The van der Waals surface area contributed by atoms with Crippen molar-refractivity contribution in [2.24, 2.45) is 4.99 Å². The standard InChI is InChI=1S/C25H19Cl2NO5/c1-30-21-10-8-18(27)13-19(21)24-28-20(25(29)33-24)11-16-5-9-22(23(12-16)31-2)32-14-15-3-6-17(26)7-4-15/h3-13H,14H2,1-2H3/b20-11-. The molecule has 1 aliphatic heterocycles. The van der Waals surface area contributed by atoms with Gasteiger partial charge in [0.25, 0.3) is 0 Å². The fourth-order valence-corrected chi connectivity index (χ4v) is 3.46. The molecule has 0 amide bonds. The van der Waals surface area contributed by atoms with Crippen LogP contribution >= 0.6 is 23.2 Å². The largest absolute Gasteiger partial charge is 0.496 e. The van der Waals surface area contributed by atoms with E-state index < -0.39 is 5.97 Å². The Bertz CT molecular complexity index is 1250. The number of halogens is 2. The maximum atomic E-state index is 12.4. The lowest BCUT2D eigenvalue weighted by Gasteiger charge is -2.11. The molecule has 0 unspecified atom stereocenters. The van der Waals surface area contributed by atoms with Gasteiger partial charge in [-0.15, -0.1) is 0 Å². The van der Waals surface area contributed by atoms with Crippen molar-refractivity contribution < 1.29 is 23.7 Å². The highest BCUT2D eigenvalue weighted by atomic mass is 35.5. The molecule has 0 spiro atoms. The Hall–Kier alpha value is -3.48. The lowest BCUT2D eigenvalue weighted by Crippen LogP contribution is -2.07. The number of hydrogen-bond acceptors (Lipinski definition) is 6. The second-order valence-corrected chi connectivity index (χ2v) is 7.88. The number of ether oxygens (including phenoxy) is 4. The quantitative estimate of drug-likeness (QED) is 0.307. The third kappa shape index (κ3) is 5.30. The van der Waals surface area contributed by atoms with Gasteiger partial charge in [0.2, 0.25) is 5.90 Å². The van der Waals surface area contributed by atoms with Gasteiger partial charge >= 0.3 is 5.97 Å². The molecule has 0 saturated carbocycles. The molecule has 0 saturated heterocycles. The molecule has 6 nitrogen and oxygen atoms in total. The van der Waals surface area contributed by atoms with E-state index in [9.17, 15) is 4.79 Å². The van der Waals surface area contributed by atoms with Crippen LogP contribution in [-0.4, -0.2) is 26.1 Å². The molecular formula is C25H19Cl2NO5. The highest BCUT2D eigenvalue weighted by Crippen LogP contribution is 2.31. The molecule has 33 heavy (non-hydrogen) atoms. The number of aliphatic imine (C=N–C) groups is 1. The van der Waals surface area contributed by atoms with Crippen molar-refractivity contribution in [3.05, 3.63) is 93.1 Å². The summed E-state index contributed by atoms with van der Waals surface area (Å²) in [6.45, 7) is 0.357. The first-order valence-corrected chi connectivity index (χ1v) is 10.6. The van der Waals surface area contributed by atoms with Gasteiger partial charge in [0.1, 0.15) is 12.4 Å². The summed E-state index contributed by atoms with van der Waals surface area (Å²) in [6.07, 6.45) is 1.61. The van der Waals surface area contributed by atoms with Crippen LogP contribution in [0.25, 0.3) is 6.08 Å². The molecule has 0 fully saturated rings. The molecule has 0 bridgehead atoms. The molecule has 4 rings (SSSR count). The van der Waals surface area contributed by atoms with Crippen LogP contribution in [0.2, 0.25) is 10.0 Å². The van der Waals surface area contributed by atoms with E-state index in [-0.39, 0.29) is 11.6 Å². The SMILES string of the molecule is COc1cc(/C=C2\N=C(c3cc(Cl)ccc3OC)OC2=O)ccc1OCc1ccc(Cl)cc1. The molecule has 1 heterocycles. The average molecular weight is 484 g/mol. The number of methoxy groups -OCH3 is 2. The maximum Gasteiger partial charge on any atom is 0.363 e. The van der Waals surface area contributed by atoms with Gasteiger partial charge in [0, 0.05) is 10.0 Å². The highest BCUT2D eigenvalue weighted by Gasteiger charge is 2.26. The fourth-order valence-electron chi connectivity index (χ4n) is 3.16. The van der Waals surface area contributed by atoms with Crippen LogP contribution in [0.3, 0.4) is 0 Å². The third-order valence-electron chi connectivity index (χ3n) is 4.81. The number of rotatable bonds is 7. The van der Waals surface area contributed by atoms with Crippen molar-refractivity contribution in [3.8, 4) is 17.2 Å². The second-order valence-electron chi connectivity index (χ2n) is 7.01. The molecular weight excluding hydrogens is 465 g/mol. The van der Waals surface area contributed by atoms with E-state index in [4.69, 9.17) is 42.1 Å². The van der Waals surface area contributed by atoms with Gasteiger partial charge in [-0.05, 0) is 59.7 Å². The highest BCUT2D eigenvalue weighted by molar-refractivity contribution is 6.31. The molecule has 0 aromatic heterocycles. The Kier molecular flexibility index (Phi) is 6.87. The average Bonchev–Trinajstić information content (AvgIpc) is 3.19. The summed E-state index contributed by atoms with van der Waals surface area (Å²) in [7, 11) is 3.07. The first-order valence-electron chi connectivity index (χ1n) is 9.88. The molecule has 0 atom stereocenters. The minimum Gasteiger partial charge on any atom is -0.496 e. The van der Waals surface area contributed by atoms with Crippen LogP contribution in [0.4, 0.5) is 0 Å². The minimum atomic E-state index is -0.575. The third-order valence-corrected chi connectivity index (χ3v) is 5.30. The Balaban J connectivity index is 1.56. The van der Waals surface area contributed by atoms with Crippen molar-refractivity contribution in [2.45, 2.75) is 6.61 Å². The van der Waals surface area contributed by atoms with Crippen molar-refractivity contribution in [1.29, 1.82) is 0 Å². The zero-order chi connectivity index (χ0) is 23.4. The van der Waals surface area contributed by atoms with Crippen LogP contribution in [-0.2, 0) is 16.1 Å². The Labute approximate surface area is 201 Å².